The lowest BCUT2D eigenvalue weighted by Crippen LogP contribution is -1.97. The van der Waals surface area contributed by atoms with Crippen molar-refractivity contribution in [3.8, 4) is 11.5 Å². The molecule has 3 aromatic rings. The number of rotatable bonds is 7. The molecule has 0 aliphatic carbocycles. The summed E-state index contributed by atoms with van der Waals surface area (Å²) in [6.07, 6.45) is 0. The summed E-state index contributed by atoms with van der Waals surface area (Å²) < 4.78 is 10.9. The molecule has 0 unspecified atom stereocenters. The van der Waals surface area contributed by atoms with Crippen LogP contribution >= 0.6 is 11.3 Å². The number of benzene rings is 2. The van der Waals surface area contributed by atoms with Crippen LogP contribution in [0.15, 0.2) is 53.9 Å². The monoisotopic (exact) mass is 354 g/mol. The molecule has 0 fully saturated rings. The quantitative estimate of drug-likeness (QED) is 0.624. The Hall–Kier alpha value is -2.86. The summed E-state index contributed by atoms with van der Waals surface area (Å²) in [6, 6.07) is 14.8. The largest absolute Gasteiger partial charge is 0.497 e. The van der Waals surface area contributed by atoms with Gasteiger partial charge in [-0.1, -0.05) is 0 Å². The zero-order valence-corrected chi connectivity index (χ0v) is 14.8. The molecule has 5 nitrogen and oxygen atoms in total. The first kappa shape index (κ1) is 17.0. The first-order valence-corrected chi connectivity index (χ1v) is 8.61. The van der Waals surface area contributed by atoms with Gasteiger partial charge < -0.3 is 14.8 Å². The Labute approximate surface area is 150 Å². The number of ether oxygens (including phenoxy) is 2. The van der Waals surface area contributed by atoms with Crippen LogP contribution in [0.25, 0.3) is 0 Å². The Balaban J connectivity index is 1.56. The Morgan fingerprint density at radius 3 is 2.40 bits per heavy atom. The highest BCUT2D eigenvalue weighted by molar-refractivity contribution is 7.13. The molecule has 0 amide bonds. The van der Waals surface area contributed by atoms with E-state index in [0.717, 1.165) is 22.3 Å². The number of nitrogens with one attached hydrogen (secondary N) is 1. The molecule has 0 radical (unpaired) electrons. The second-order valence-corrected chi connectivity index (χ2v) is 6.22. The Kier molecular flexibility index (Phi) is 5.30. The van der Waals surface area contributed by atoms with Gasteiger partial charge in [0, 0.05) is 16.6 Å². The van der Waals surface area contributed by atoms with Crippen LogP contribution in [0.3, 0.4) is 0 Å². The number of thiazole rings is 1. The first-order chi connectivity index (χ1) is 12.1. The van der Waals surface area contributed by atoms with Gasteiger partial charge in [0.15, 0.2) is 10.9 Å². The molecule has 128 valence electrons. The van der Waals surface area contributed by atoms with Gasteiger partial charge in [0.1, 0.15) is 18.1 Å². The van der Waals surface area contributed by atoms with Crippen LogP contribution in [-0.4, -0.2) is 17.9 Å². The topological polar surface area (TPSA) is 60.4 Å². The predicted molar refractivity (Wildman–Crippen MR) is 99.2 cm³/mol. The van der Waals surface area contributed by atoms with Crippen LogP contribution in [0.1, 0.15) is 23.0 Å². The van der Waals surface area contributed by atoms with Crippen molar-refractivity contribution in [2.75, 3.05) is 12.4 Å². The molecule has 25 heavy (non-hydrogen) atoms. The Bertz CT molecular complexity index is 842. The summed E-state index contributed by atoms with van der Waals surface area (Å²) in [4.78, 5) is 15.8. The number of nitrogens with zero attached hydrogens (tertiary/aromatic N) is 1. The van der Waals surface area contributed by atoms with E-state index in [9.17, 15) is 4.79 Å². The average molecular weight is 354 g/mol. The van der Waals surface area contributed by atoms with E-state index in [1.165, 1.54) is 11.3 Å². The van der Waals surface area contributed by atoms with Gasteiger partial charge in [-0.05, 0) is 55.5 Å². The van der Waals surface area contributed by atoms with Crippen LogP contribution in [0.2, 0.25) is 0 Å². The van der Waals surface area contributed by atoms with E-state index < -0.39 is 0 Å². The summed E-state index contributed by atoms with van der Waals surface area (Å²) in [7, 11) is 1.64. The van der Waals surface area contributed by atoms with E-state index >= 15 is 0 Å². The van der Waals surface area contributed by atoms with Crippen molar-refractivity contribution < 1.29 is 14.3 Å². The molecule has 0 saturated carbocycles. The predicted octanol–water partition coefficient (Wildman–Crippen LogP) is 4.68. The lowest BCUT2D eigenvalue weighted by molar-refractivity contribution is 0.101. The third-order valence-electron chi connectivity index (χ3n) is 3.54. The highest BCUT2D eigenvalue weighted by atomic mass is 32.1. The Morgan fingerprint density at radius 1 is 1.08 bits per heavy atom. The number of Topliss-reactive ketones (excluding diaryl/α,β-unsaturated/α-hetero) is 1. The van der Waals surface area contributed by atoms with E-state index in [2.05, 4.69) is 10.3 Å². The average Bonchev–Trinajstić information content (AvgIpc) is 3.08. The van der Waals surface area contributed by atoms with Gasteiger partial charge in [0.05, 0.1) is 12.8 Å². The first-order valence-electron chi connectivity index (χ1n) is 7.73. The van der Waals surface area contributed by atoms with Crippen LogP contribution in [0, 0.1) is 0 Å². The molecule has 1 heterocycles. The fourth-order valence-electron chi connectivity index (χ4n) is 2.17. The standard InChI is InChI=1S/C19H18N2O3S/c1-13(22)14-3-7-18(8-4-14)24-11-16-12-25-19(21-16)20-15-5-9-17(23-2)10-6-15/h3-10,12H,11H2,1-2H3,(H,20,21). The maximum atomic E-state index is 11.3. The van der Waals surface area contributed by atoms with E-state index in [1.54, 1.807) is 38.3 Å². The van der Waals surface area contributed by atoms with E-state index in [1.807, 2.05) is 29.6 Å². The summed E-state index contributed by atoms with van der Waals surface area (Å²) in [5.41, 5.74) is 2.46. The number of methoxy groups -OCH3 is 1. The van der Waals surface area contributed by atoms with E-state index in [-0.39, 0.29) is 5.78 Å². The molecule has 0 atom stereocenters. The second-order valence-electron chi connectivity index (χ2n) is 5.37. The lowest BCUT2D eigenvalue weighted by atomic mass is 10.1. The summed E-state index contributed by atoms with van der Waals surface area (Å²) in [5.74, 6) is 1.57. The van der Waals surface area contributed by atoms with Crippen molar-refractivity contribution in [2.45, 2.75) is 13.5 Å². The van der Waals surface area contributed by atoms with Gasteiger partial charge in [-0.3, -0.25) is 4.79 Å². The third-order valence-corrected chi connectivity index (χ3v) is 4.35. The molecule has 1 aromatic heterocycles. The normalized spacial score (nSPS) is 10.3. The van der Waals surface area contributed by atoms with Crippen LogP contribution < -0.4 is 14.8 Å². The molecule has 0 spiro atoms. The van der Waals surface area contributed by atoms with E-state index in [0.29, 0.717) is 17.9 Å². The minimum Gasteiger partial charge on any atom is -0.497 e. The highest BCUT2D eigenvalue weighted by Crippen LogP contribution is 2.23. The maximum absolute atomic E-state index is 11.3. The minimum atomic E-state index is 0.0419. The summed E-state index contributed by atoms with van der Waals surface area (Å²) in [6.45, 7) is 1.92. The maximum Gasteiger partial charge on any atom is 0.187 e. The fourth-order valence-corrected chi connectivity index (χ4v) is 2.89. The van der Waals surface area contributed by atoms with Gasteiger partial charge in [0.25, 0.3) is 0 Å². The van der Waals surface area contributed by atoms with Crippen molar-refractivity contribution in [1.29, 1.82) is 0 Å². The van der Waals surface area contributed by atoms with Crippen molar-refractivity contribution >= 4 is 27.9 Å². The number of aromatic nitrogens is 1. The molecule has 6 heteroatoms. The molecule has 2 aromatic carbocycles. The van der Waals surface area contributed by atoms with Crippen molar-refractivity contribution in [3.05, 3.63) is 65.2 Å². The van der Waals surface area contributed by atoms with Crippen molar-refractivity contribution in [2.24, 2.45) is 0 Å². The van der Waals surface area contributed by atoms with E-state index in [4.69, 9.17) is 9.47 Å². The SMILES string of the molecule is COc1ccc(Nc2nc(COc3ccc(C(C)=O)cc3)cs2)cc1. The van der Waals surface area contributed by atoms with Gasteiger partial charge in [-0.2, -0.15) is 0 Å². The molecule has 0 saturated heterocycles. The van der Waals surface area contributed by atoms with Gasteiger partial charge in [0.2, 0.25) is 0 Å². The number of carbonyl (C=O) groups excluding carboxylic acids is 1. The summed E-state index contributed by atoms with van der Waals surface area (Å²) >= 11 is 1.52. The zero-order valence-electron chi connectivity index (χ0n) is 14.0. The van der Waals surface area contributed by atoms with Crippen LogP contribution in [-0.2, 0) is 6.61 Å². The molecular formula is C19H18N2O3S. The van der Waals surface area contributed by atoms with Gasteiger partial charge in [-0.15, -0.1) is 11.3 Å². The Morgan fingerprint density at radius 2 is 1.76 bits per heavy atom. The minimum absolute atomic E-state index is 0.0419. The number of hydrogen-bond acceptors (Lipinski definition) is 6. The highest BCUT2D eigenvalue weighted by Gasteiger charge is 2.05. The molecular weight excluding hydrogens is 336 g/mol. The molecule has 3 rings (SSSR count). The van der Waals surface area contributed by atoms with Crippen LogP contribution in [0.4, 0.5) is 10.8 Å². The van der Waals surface area contributed by atoms with Crippen LogP contribution in [0.5, 0.6) is 11.5 Å². The van der Waals surface area contributed by atoms with Crippen molar-refractivity contribution in [3.63, 3.8) is 0 Å². The van der Waals surface area contributed by atoms with Gasteiger partial charge in [-0.25, -0.2) is 4.98 Å². The third kappa shape index (κ3) is 4.58. The fraction of sp³-hybridized carbons (Fsp3) is 0.158. The molecule has 0 bridgehead atoms. The number of carbonyl (C=O) groups is 1. The number of ketones is 1. The smallest absolute Gasteiger partial charge is 0.187 e. The molecule has 0 aliphatic rings. The van der Waals surface area contributed by atoms with Crippen molar-refractivity contribution in [1.82, 2.24) is 4.98 Å². The molecule has 1 N–H and O–H groups in total. The number of anilines is 2. The summed E-state index contributed by atoms with van der Waals surface area (Å²) in [5, 5.41) is 6.01. The number of hydrogen-bond donors (Lipinski definition) is 1. The zero-order chi connectivity index (χ0) is 17.6. The second kappa shape index (κ2) is 7.81. The molecule has 0 aliphatic heterocycles. The lowest BCUT2D eigenvalue weighted by Gasteiger charge is -2.05. The van der Waals surface area contributed by atoms with Gasteiger partial charge >= 0.3 is 0 Å².